The van der Waals surface area contributed by atoms with Crippen molar-refractivity contribution in [3.8, 4) is 10.6 Å². The Balaban J connectivity index is 2.54. The molecule has 0 spiro atoms. The van der Waals surface area contributed by atoms with Crippen molar-refractivity contribution in [1.82, 2.24) is 9.55 Å². The summed E-state index contributed by atoms with van der Waals surface area (Å²) in [5, 5.41) is 2.08. The number of nitrogens with zero attached hydrogens (tertiary/aromatic N) is 2. The van der Waals surface area contributed by atoms with E-state index in [0.717, 1.165) is 4.73 Å². The van der Waals surface area contributed by atoms with Crippen LogP contribution in [0.1, 0.15) is 19.9 Å². The monoisotopic (exact) mass is 270 g/mol. The average molecular weight is 271 g/mol. The van der Waals surface area contributed by atoms with Crippen LogP contribution in [0.5, 0.6) is 0 Å². The Morgan fingerprint density at radius 1 is 1.50 bits per heavy atom. The zero-order chi connectivity index (χ0) is 10.1. The molecule has 0 saturated heterocycles. The van der Waals surface area contributed by atoms with Crippen molar-refractivity contribution < 1.29 is 0 Å². The normalized spacial score (nSPS) is 11.1. The molecule has 2 aromatic rings. The molecule has 0 aliphatic heterocycles. The summed E-state index contributed by atoms with van der Waals surface area (Å²) in [6, 6.07) is 4.60. The van der Waals surface area contributed by atoms with Gasteiger partial charge in [-0.3, -0.25) is 0 Å². The lowest BCUT2D eigenvalue weighted by Gasteiger charge is -2.11. The van der Waals surface area contributed by atoms with E-state index < -0.39 is 0 Å². The van der Waals surface area contributed by atoms with E-state index >= 15 is 0 Å². The first-order valence-corrected chi connectivity index (χ1v) is 6.14. The molecule has 14 heavy (non-hydrogen) atoms. The molecule has 2 rings (SSSR count). The molecule has 0 saturated carbocycles. The van der Waals surface area contributed by atoms with E-state index in [4.69, 9.17) is 0 Å². The van der Waals surface area contributed by atoms with Gasteiger partial charge in [-0.15, -0.1) is 11.3 Å². The molecule has 74 valence electrons. The van der Waals surface area contributed by atoms with Gasteiger partial charge in [-0.25, -0.2) is 4.98 Å². The highest BCUT2D eigenvalue weighted by Crippen LogP contribution is 2.29. The van der Waals surface area contributed by atoms with Gasteiger partial charge in [0.15, 0.2) is 4.73 Å². The minimum absolute atomic E-state index is 0.420. The first-order chi connectivity index (χ1) is 6.70. The zero-order valence-corrected chi connectivity index (χ0v) is 10.5. The molecule has 0 fully saturated rings. The van der Waals surface area contributed by atoms with Crippen LogP contribution < -0.4 is 0 Å². The maximum atomic E-state index is 4.28. The van der Waals surface area contributed by atoms with Gasteiger partial charge < -0.3 is 4.57 Å². The van der Waals surface area contributed by atoms with E-state index in [2.05, 4.69) is 56.8 Å². The van der Waals surface area contributed by atoms with E-state index in [9.17, 15) is 0 Å². The molecule has 4 heteroatoms. The number of hydrogen-bond donors (Lipinski definition) is 0. The van der Waals surface area contributed by atoms with Gasteiger partial charge in [0.1, 0.15) is 0 Å². The summed E-state index contributed by atoms with van der Waals surface area (Å²) in [6.45, 7) is 4.31. The standard InChI is InChI=1S/C10H11BrN2S/c1-7(2)13-8(6-12-10(13)11)9-4-3-5-14-9/h3-7H,1-2H3. The molecule has 2 heterocycles. The molecule has 0 N–H and O–H groups in total. The molecule has 2 aromatic heterocycles. The smallest absolute Gasteiger partial charge is 0.177 e. The van der Waals surface area contributed by atoms with Crippen molar-refractivity contribution in [2.24, 2.45) is 0 Å². The molecule has 0 bridgehead atoms. The highest BCUT2D eigenvalue weighted by atomic mass is 79.9. The predicted octanol–water partition coefficient (Wildman–Crippen LogP) is 3.96. The highest BCUT2D eigenvalue weighted by molar-refractivity contribution is 9.10. The van der Waals surface area contributed by atoms with Gasteiger partial charge in [-0.05, 0) is 41.2 Å². The molecule has 0 amide bonds. The van der Waals surface area contributed by atoms with Gasteiger partial charge in [0.05, 0.1) is 16.8 Å². The van der Waals surface area contributed by atoms with Crippen LogP contribution in [0.2, 0.25) is 0 Å². The van der Waals surface area contributed by atoms with Crippen molar-refractivity contribution >= 4 is 27.3 Å². The maximum absolute atomic E-state index is 4.28. The van der Waals surface area contributed by atoms with Crippen molar-refractivity contribution in [1.29, 1.82) is 0 Å². The molecule has 0 aliphatic rings. The van der Waals surface area contributed by atoms with Crippen LogP contribution in [0.15, 0.2) is 28.4 Å². The maximum Gasteiger partial charge on any atom is 0.177 e. The van der Waals surface area contributed by atoms with Crippen molar-refractivity contribution in [2.75, 3.05) is 0 Å². The van der Waals surface area contributed by atoms with Crippen LogP contribution in [0, 0.1) is 0 Å². The molecule has 0 unspecified atom stereocenters. The number of aromatic nitrogens is 2. The van der Waals surface area contributed by atoms with Crippen LogP contribution in [0.3, 0.4) is 0 Å². The molecule has 0 aromatic carbocycles. The van der Waals surface area contributed by atoms with E-state index in [0.29, 0.717) is 6.04 Å². The van der Waals surface area contributed by atoms with Crippen molar-refractivity contribution in [3.05, 3.63) is 28.4 Å². The molecule has 2 nitrogen and oxygen atoms in total. The number of halogens is 1. The molecular weight excluding hydrogens is 260 g/mol. The lowest BCUT2D eigenvalue weighted by atomic mass is 10.3. The Kier molecular flexibility index (Phi) is 2.74. The predicted molar refractivity (Wildman–Crippen MR) is 63.6 cm³/mol. The lowest BCUT2D eigenvalue weighted by molar-refractivity contribution is 0.593. The fraction of sp³-hybridized carbons (Fsp3) is 0.300. The fourth-order valence-corrected chi connectivity index (χ4v) is 2.87. The summed E-state index contributed by atoms with van der Waals surface area (Å²) in [5.74, 6) is 0. The Morgan fingerprint density at radius 2 is 2.29 bits per heavy atom. The lowest BCUT2D eigenvalue weighted by Crippen LogP contribution is -2.02. The third-order valence-electron chi connectivity index (χ3n) is 2.04. The van der Waals surface area contributed by atoms with Crippen molar-refractivity contribution in [2.45, 2.75) is 19.9 Å². The summed E-state index contributed by atoms with van der Waals surface area (Å²) < 4.78 is 3.09. The number of thiophene rings is 1. The molecule has 0 atom stereocenters. The van der Waals surface area contributed by atoms with Gasteiger partial charge in [0.25, 0.3) is 0 Å². The Bertz CT molecular complexity index is 417. The van der Waals surface area contributed by atoms with Crippen LogP contribution >= 0.6 is 27.3 Å². The summed E-state index contributed by atoms with van der Waals surface area (Å²) in [4.78, 5) is 5.54. The second-order valence-electron chi connectivity index (χ2n) is 3.35. The van der Waals surface area contributed by atoms with Crippen LogP contribution in [-0.2, 0) is 0 Å². The van der Waals surface area contributed by atoms with Gasteiger partial charge in [0, 0.05) is 6.04 Å². The number of rotatable bonds is 2. The Morgan fingerprint density at radius 3 is 2.86 bits per heavy atom. The molecule has 0 radical (unpaired) electrons. The van der Waals surface area contributed by atoms with Crippen LogP contribution in [0.25, 0.3) is 10.6 Å². The van der Waals surface area contributed by atoms with Crippen molar-refractivity contribution in [3.63, 3.8) is 0 Å². The van der Waals surface area contributed by atoms with Crippen LogP contribution in [0.4, 0.5) is 0 Å². The van der Waals surface area contributed by atoms with Crippen LogP contribution in [-0.4, -0.2) is 9.55 Å². The van der Waals surface area contributed by atoms with Gasteiger partial charge in [-0.1, -0.05) is 6.07 Å². The second-order valence-corrected chi connectivity index (χ2v) is 5.01. The largest absolute Gasteiger partial charge is 0.315 e. The summed E-state index contributed by atoms with van der Waals surface area (Å²) in [6.07, 6.45) is 1.91. The Labute approximate surface area is 95.7 Å². The summed E-state index contributed by atoms with van der Waals surface area (Å²) >= 11 is 5.20. The number of hydrogen-bond acceptors (Lipinski definition) is 2. The minimum Gasteiger partial charge on any atom is -0.315 e. The van der Waals surface area contributed by atoms with E-state index in [-0.39, 0.29) is 0 Å². The minimum atomic E-state index is 0.420. The van der Waals surface area contributed by atoms with Gasteiger partial charge in [0.2, 0.25) is 0 Å². The van der Waals surface area contributed by atoms with Gasteiger partial charge >= 0.3 is 0 Å². The fourth-order valence-electron chi connectivity index (χ4n) is 1.44. The SMILES string of the molecule is CC(C)n1c(-c2cccs2)cnc1Br. The van der Waals surface area contributed by atoms with E-state index in [1.165, 1.54) is 10.6 Å². The molecular formula is C10H11BrN2S. The Hall–Kier alpha value is -0.610. The third-order valence-corrected chi connectivity index (χ3v) is 3.52. The first kappa shape index (κ1) is 9.93. The summed E-state index contributed by atoms with van der Waals surface area (Å²) in [5.41, 5.74) is 1.18. The molecule has 0 aliphatic carbocycles. The average Bonchev–Trinajstić information content (AvgIpc) is 2.70. The highest BCUT2D eigenvalue weighted by Gasteiger charge is 2.12. The number of imidazole rings is 1. The summed E-state index contributed by atoms with van der Waals surface area (Å²) in [7, 11) is 0. The zero-order valence-electron chi connectivity index (χ0n) is 8.07. The quantitative estimate of drug-likeness (QED) is 0.808. The first-order valence-electron chi connectivity index (χ1n) is 4.46. The second kappa shape index (κ2) is 3.87. The van der Waals surface area contributed by atoms with Gasteiger partial charge in [-0.2, -0.15) is 0 Å². The van der Waals surface area contributed by atoms with E-state index in [1.54, 1.807) is 11.3 Å². The third kappa shape index (κ3) is 1.64. The van der Waals surface area contributed by atoms with E-state index in [1.807, 2.05) is 6.20 Å². The topological polar surface area (TPSA) is 17.8 Å².